The van der Waals surface area contributed by atoms with Crippen LogP contribution in [0.25, 0.3) is 10.9 Å². The molecule has 7 heteroatoms. The molecule has 0 unspecified atom stereocenters. The van der Waals surface area contributed by atoms with Crippen molar-refractivity contribution < 1.29 is 4.79 Å². The minimum absolute atomic E-state index is 0.128. The molecule has 2 aromatic carbocycles. The van der Waals surface area contributed by atoms with Crippen LogP contribution in [0.5, 0.6) is 0 Å². The number of benzene rings is 2. The zero-order chi connectivity index (χ0) is 20.4. The summed E-state index contributed by atoms with van der Waals surface area (Å²) < 4.78 is 4.58. The van der Waals surface area contributed by atoms with Crippen molar-refractivity contribution in [2.24, 2.45) is 0 Å². The van der Waals surface area contributed by atoms with E-state index in [1.807, 2.05) is 67.1 Å². The predicted molar refractivity (Wildman–Crippen MR) is 116 cm³/mol. The van der Waals surface area contributed by atoms with E-state index in [0.717, 1.165) is 10.9 Å². The quantitative estimate of drug-likeness (QED) is 0.466. The van der Waals surface area contributed by atoms with Crippen molar-refractivity contribution in [2.75, 3.05) is 0 Å². The topological polar surface area (TPSA) is 67.6 Å². The van der Waals surface area contributed by atoms with Gasteiger partial charge in [0.15, 0.2) is 10.6 Å². The van der Waals surface area contributed by atoms with Crippen LogP contribution in [0, 0.1) is 4.77 Å². The molecule has 0 saturated carbocycles. The number of nitrogens with zero attached hydrogens (tertiary/aromatic N) is 3. The molecule has 29 heavy (non-hydrogen) atoms. The van der Waals surface area contributed by atoms with Crippen molar-refractivity contribution in [3.8, 4) is 0 Å². The van der Waals surface area contributed by atoms with Crippen molar-refractivity contribution in [2.45, 2.75) is 33.0 Å². The molecular weight excluding hydrogens is 382 g/mol. The molecule has 0 bridgehead atoms. The molecule has 0 saturated heterocycles. The largest absolute Gasteiger partial charge is 0.345 e. The molecule has 2 aromatic heterocycles. The van der Waals surface area contributed by atoms with Crippen LogP contribution in [0.3, 0.4) is 0 Å². The third-order valence-electron chi connectivity index (χ3n) is 4.93. The normalized spacial score (nSPS) is 11.3. The first-order valence-electron chi connectivity index (χ1n) is 9.60. The second kappa shape index (κ2) is 8.05. The zero-order valence-corrected chi connectivity index (χ0v) is 17.2. The minimum Gasteiger partial charge on any atom is -0.345 e. The number of nitrogens with one attached hydrogen (secondary N) is 2. The van der Waals surface area contributed by atoms with Crippen molar-refractivity contribution >= 4 is 29.0 Å². The Balaban J connectivity index is 1.60. The summed E-state index contributed by atoms with van der Waals surface area (Å²) in [6.45, 7) is 5.09. The average molecular weight is 406 g/mol. The lowest BCUT2D eigenvalue weighted by Crippen LogP contribution is -2.25. The molecule has 4 rings (SSSR count). The van der Waals surface area contributed by atoms with Gasteiger partial charge in [-0.25, -0.2) is 0 Å². The first-order chi connectivity index (χ1) is 14.0. The molecule has 0 aliphatic rings. The maximum atomic E-state index is 13.0. The molecule has 2 heterocycles. The van der Waals surface area contributed by atoms with Gasteiger partial charge in [0, 0.05) is 29.7 Å². The van der Waals surface area contributed by atoms with Crippen molar-refractivity contribution in [3.05, 3.63) is 82.5 Å². The average Bonchev–Trinajstić information content (AvgIpc) is 3.28. The van der Waals surface area contributed by atoms with Crippen LogP contribution in [0.4, 0.5) is 0 Å². The van der Waals surface area contributed by atoms with Gasteiger partial charge >= 0.3 is 0 Å². The fraction of sp³-hybridized carbons (Fsp3) is 0.227. The summed E-state index contributed by atoms with van der Waals surface area (Å²) >= 11 is 5.28. The summed E-state index contributed by atoms with van der Waals surface area (Å²) in [5.41, 5.74) is 2.88. The number of carbonyl (C=O) groups excluding carboxylic acids is 1. The number of fused-ring (bicyclic) bond motifs is 1. The summed E-state index contributed by atoms with van der Waals surface area (Å²) in [7, 11) is 0. The van der Waals surface area contributed by atoms with Gasteiger partial charge in [0.25, 0.3) is 5.91 Å². The van der Waals surface area contributed by atoms with Crippen LogP contribution < -0.4 is 5.32 Å². The van der Waals surface area contributed by atoms with Gasteiger partial charge in [-0.3, -0.25) is 9.89 Å². The summed E-state index contributed by atoms with van der Waals surface area (Å²) in [6, 6.07) is 18.4. The molecule has 1 amide bonds. The summed E-state index contributed by atoms with van der Waals surface area (Å²) in [6.07, 6.45) is 1.92. The highest BCUT2D eigenvalue weighted by molar-refractivity contribution is 7.71. The molecule has 2 N–H and O–H groups in total. The molecule has 0 aliphatic carbocycles. The second-order valence-corrected chi connectivity index (χ2v) is 7.65. The maximum Gasteiger partial charge on any atom is 0.253 e. The van der Waals surface area contributed by atoms with E-state index in [9.17, 15) is 4.79 Å². The molecule has 0 fully saturated rings. The van der Waals surface area contributed by atoms with Gasteiger partial charge in [0.05, 0.1) is 12.1 Å². The van der Waals surface area contributed by atoms with Gasteiger partial charge in [-0.05, 0) is 37.7 Å². The number of rotatable bonds is 6. The maximum absolute atomic E-state index is 13.0. The number of aromatic nitrogens is 4. The monoisotopic (exact) mass is 405 g/mol. The van der Waals surface area contributed by atoms with E-state index in [2.05, 4.69) is 32.2 Å². The van der Waals surface area contributed by atoms with Crippen LogP contribution in [0.15, 0.2) is 60.8 Å². The lowest BCUT2D eigenvalue weighted by atomic mass is 10.1. The smallest absolute Gasteiger partial charge is 0.253 e. The van der Waals surface area contributed by atoms with Crippen LogP contribution >= 0.6 is 12.2 Å². The predicted octanol–water partition coefficient (Wildman–Crippen LogP) is 4.45. The van der Waals surface area contributed by atoms with E-state index in [1.165, 1.54) is 5.56 Å². The fourth-order valence-corrected chi connectivity index (χ4v) is 3.95. The van der Waals surface area contributed by atoms with E-state index in [4.69, 9.17) is 12.2 Å². The standard InChI is InChI=1S/C22H23N5OS/c1-15(2)27-20(24-25-22(27)29)12-23-21(28)18-14-26(13-16-8-4-3-5-9-16)19-11-7-6-10-17(18)19/h3-11,14-15H,12-13H2,1-2H3,(H,23,28)(H,25,29). The third-order valence-corrected chi connectivity index (χ3v) is 5.22. The van der Waals surface area contributed by atoms with Crippen LogP contribution in [0.1, 0.15) is 41.6 Å². The van der Waals surface area contributed by atoms with E-state index >= 15 is 0 Å². The molecule has 6 nitrogen and oxygen atoms in total. The Morgan fingerprint density at radius 2 is 1.86 bits per heavy atom. The Labute approximate surface area is 174 Å². The number of H-pyrrole nitrogens is 1. The van der Waals surface area contributed by atoms with Crippen LogP contribution in [-0.2, 0) is 13.1 Å². The van der Waals surface area contributed by atoms with Crippen molar-refractivity contribution in [3.63, 3.8) is 0 Å². The highest BCUT2D eigenvalue weighted by atomic mass is 32.1. The number of hydrogen-bond acceptors (Lipinski definition) is 3. The molecular formula is C22H23N5OS. The van der Waals surface area contributed by atoms with Crippen molar-refractivity contribution in [1.29, 1.82) is 0 Å². The lowest BCUT2D eigenvalue weighted by molar-refractivity contribution is 0.0950. The Hall–Kier alpha value is -3.19. The van der Waals surface area contributed by atoms with Crippen molar-refractivity contribution in [1.82, 2.24) is 24.6 Å². The van der Waals surface area contributed by atoms with Gasteiger partial charge < -0.3 is 14.5 Å². The SMILES string of the molecule is CC(C)n1c(CNC(=O)c2cn(Cc3ccccc3)c3ccccc23)n[nH]c1=S. The molecule has 0 aliphatic heterocycles. The Kier molecular flexibility index (Phi) is 5.31. The molecule has 4 aromatic rings. The molecule has 0 atom stereocenters. The van der Waals surface area contributed by atoms with Crippen LogP contribution in [0.2, 0.25) is 0 Å². The number of carbonyl (C=O) groups is 1. The first kappa shape index (κ1) is 19.1. The van der Waals surface area contributed by atoms with E-state index in [-0.39, 0.29) is 11.9 Å². The molecule has 0 spiro atoms. The van der Waals surface area contributed by atoms with Crippen LogP contribution in [-0.4, -0.2) is 25.2 Å². The van der Waals surface area contributed by atoms with E-state index in [1.54, 1.807) is 0 Å². The summed E-state index contributed by atoms with van der Waals surface area (Å²) in [4.78, 5) is 13.0. The Bertz CT molecular complexity index is 1200. The highest BCUT2D eigenvalue weighted by Gasteiger charge is 2.16. The zero-order valence-electron chi connectivity index (χ0n) is 16.4. The van der Waals surface area contributed by atoms with Gasteiger partial charge in [-0.15, -0.1) is 0 Å². The summed E-state index contributed by atoms with van der Waals surface area (Å²) in [5, 5.41) is 11.0. The lowest BCUT2D eigenvalue weighted by Gasteiger charge is -2.10. The van der Waals surface area contributed by atoms with Gasteiger partial charge in [0.2, 0.25) is 0 Å². The fourth-order valence-electron chi connectivity index (χ4n) is 3.59. The molecule has 148 valence electrons. The highest BCUT2D eigenvalue weighted by Crippen LogP contribution is 2.22. The van der Waals surface area contributed by atoms with E-state index < -0.39 is 0 Å². The number of aromatic amines is 1. The van der Waals surface area contributed by atoms with Gasteiger partial charge in [0.1, 0.15) is 0 Å². The number of amides is 1. The number of para-hydroxylation sites is 1. The second-order valence-electron chi connectivity index (χ2n) is 7.26. The number of hydrogen-bond donors (Lipinski definition) is 2. The first-order valence-corrected chi connectivity index (χ1v) is 10.0. The van der Waals surface area contributed by atoms with Gasteiger partial charge in [-0.1, -0.05) is 48.5 Å². The Morgan fingerprint density at radius 3 is 2.62 bits per heavy atom. The van der Waals surface area contributed by atoms with Gasteiger partial charge in [-0.2, -0.15) is 5.10 Å². The Morgan fingerprint density at radius 1 is 1.14 bits per heavy atom. The van der Waals surface area contributed by atoms with E-state index in [0.29, 0.717) is 29.2 Å². The summed E-state index contributed by atoms with van der Waals surface area (Å²) in [5.74, 6) is 0.587. The molecule has 0 radical (unpaired) electrons. The third kappa shape index (κ3) is 3.86. The minimum atomic E-state index is -0.128.